The highest BCUT2D eigenvalue weighted by Gasteiger charge is 2.17. The zero-order chi connectivity index (χ0) is 18.9. The zero-order valence-corrected chi connectivity index (χ0v) is 15.7. The summed E-state index contributed by atoms with van der Waals surface area (Å²) >= 11 is 0. The van der Waals surface area contributed by atoms with Gasteiger partial charge in [-0.2, -0.15) is 0 Å². The second-order valence-electron chi connectivity index (χ2n) is 5.47. The molecule has 0 aliphatic heterocycles. The van der Waals surface area contributed by atoms with Crippen LogP contribution in [0.15, 0.2) is 67.1 Å². The van der Waals surface area contributed by atoms with Gasteiger partial charge in [0.05, 0.1) is 0 Å². The molecule has 130 valence electrons. The number of nitrogens with zero attached hydrogens (tertiary/aromatic N) is 4. The Morgan fingerprint density at radius 2 is 1.62 bits per heavy atom. The molecule has 2 radical (unpaired) electrons. The normalized spacial score (nSPS) is 14.2. The Hall–Kier alpha value is -2.95. The van der Waals surface area contributed by atoms with Crippen molar-refractivity contribution < 1.29 is 0 Å². The molecule has 2 aromatic rings. The number of aromatic nitrogens is 4. The first-order valence-electron chi connectivity index (χ1n) is 8.58. The number of hydrogen-bond acceptors (Lipinski definition) is 3. The van der Waals surface area contributed by atoms with E-state index in [9.17, 15) is 0 Å². The fourth-order valence-electron chi connectivity index (χ4n) is 2.50. The standard InChI is InChI=1S/C21H23BN4/c1-5-9-13-16(11-7-3)20-25-18-19(22)23-15-24-21(18)26(20)17(12-8-4)14-10-6-2/h5-15H,1-4H3/b9-5-,10-6-,11-7-,12-8-,16-13+,17-14+. The van der Waals surface area contributed by atoms with E-state index in [1.807, 2.05) is 93.0 Å². The molecule has 26 heavy (non-hydrogen) atoms. The molecular formula is C21H23BN4. The Morgan fingerprint density at radius 1 is 0.923 bits per heavy atom. The summed E-state index contributed by atoms with van der Waals surface area (Å²) in [6.45, 7) is 7.92. The lowest BCUT2D eigenvalue weighted by atomic mass is 10.0. The summed E-state index contributed by atoms with van der Waals surface area (Å²) in [5.41, 5.74) is 3.54. The smallest absolute Gasteiger partial charge is 0.167 e. The van der Waals surface area contributed by atoms with Gasteiger partial charge in [0.15, 0.2) is 5.65 Å². The van der Waals surface area contributed by atoms with Crippen LogP contribution in [0, 0.1) is 0 Å². The zero-order valence-electron chi connectivity index (χ0n) is 15.7. The SMILES string of the molecule is [B]c1ncnc2c1nc(C(/C=C\C)=C/C=C\C)n2C(/C=C\C)=C/C=C\C. The fraction of sp³-hybridized carbons (Fsp3) is 0.190. The third-order valence-electron chi connectivity index (χ3n) is 3.60. The minimum Gasteiger partial charge on any atom is -0.277 e. The predicted molar refractivity (Wildman–Crippen MR) is 112 cm³/mol. The molecule has 0 amide bonds. The lowest BCUT2D eigenvalue weighted by Gasteiger charge is -2.10. The van der Waals surface area contributed by atoms with Crippen molar-refractivity contribution >= 4 is 35.9 Å². The van der Waals surface area contributed by atoms with Gasteiger partial charge in [0.2, 0.25) is 0 Å². The van der Waals surface area contributed by atoms with Crippen LogP contribution in [-0.4, -0.2) is 27.4 Å². The number of allylic oxidation sites excluding steroid dienone is 12. The van der Waals surface area contributed by atoms with Crippen molar-refractivity contribution in [2.45, 2.75) is 27.7 Å². The van der Waals surface area contributed by atoms with Crippen LogP contribution in [0.25, 0.3) is 22.4 Å². The first-order valence-corrected chi connectivity index (χ1v) is 8.58. The molecule has 0 unspecified atom stereocenters. The molecule has 0 aliphatic carbocycles. The minimum absolute atomic E-state index is 0.367. The van der Waals surface area contributed by atoms with E-state index in [2.05, 4.69) is 9.97 Å². The largest absolute Gasteiger partial charge is 0.277 e. The van der Waals surface area contributed by atoms with E-state index in [-0.39, 0.29) is 0 Å². The summed E-state index contributed by atoms with van der Waals surface area (Å²) in [6.07, 6.45) is 21.4. The third-order valence-corrected chi connectivity index (χ3v) is 3.60. The molecule has 0 saturated carbocycles. The minimum atomic E-state index is 0.367. The summed E-state index contributed by atoms with van der Waals surface area (Å²) in [5, 5.41) is 0. The van der Waals surface area contributed by atoms with Crippen LogP contribution in [0.4, 0.5) is 0 Å². The maximum atomic E-state index is 6.06. The topological polar surface area (TPSA) is 43.6 Å². The van der Waals surface area contributed by atoms with Crippen LogP contribution in [0.3, 0.4) is 0 Å². The van der Waals surface area contributed by atoms with Crippen molar-refractivity contribution in [3.63, 3.8) is 0 Å². The van der Waals surface area contributed by atoms with Crippen LogP contribution in [0.5, 0.6) is 0 Å². The quantitative estimate of drug-likeness (QED) is 0.585. The Morgan fingerprint density at radius 3 is 2.27 bits per heavy atom. The number of imidazole rings is 1. The van der Waals surface area contributed by atoms with Crippen molar-refractivity contribution in [1.29, 1.82) is 0 Å². The average Bonchev–Trinajstić information content (AvgIpc) is 3.03. The van der Waals surface area contributed by atoms with Crippen molar-refractivity contribution in [1.82, 2.24) is 19.5 Å². The van der Waals surface area contributed by atoms with Gasteiger partial charge in [-0.1, -0.05) is 48.6 Å². The predicted octanol–water partition coefficient (Wildman–Crippen LogP) is 4.15. The Kier molecular flexibility index (Phi) is 7.09. The van der Waals surface area contributed by atoms with E-state index in [4.69, 9.17) is 12.8 Å². The van der Waals surface area contributed by atoms with Gasteiger partial charge >= 0.3 is 0 Å². The van der Waals surface area contributed by atoms with Crippen molar-refractivity contribution in [3.8, 4) is 0 Å². The number of rotatable bonds is 6. The van der Waals surface area contributed by atoms with E-state index in [0.29, 0.717) is 16.8 Å². The third kappa shape index (κ3) is 4.17. The Bertz CT molecular complexity index is 940. The van der Waals surface area contributed by atoms with Gasteiger partial charge in [-0.25, -0.2) is 9.97 Å². The van der Waals surface area contributed by atoms with E-state index < -0.39 is 0 Å². The first kappa shape index (κ1) is 19.4. The molecule has 0 spiro atoms. The van der Waals surface area contributed by atoms with Crippen molar-refractivity contribution in [2.24, 2.45) is 0 Å². The van der Waals surface area contributed by atoms with E-state index in [1.165, 1.54) is 6.33 Å². The van der Waals surface area contributed by atoms with Gasteiger partial charge in [0.25, 0.3) is 0 Å². The van der Waals surface area contributed by atoms with Gasteiger partial charge in [-0.3, -0.25) is 9.55 Å². The second-order valence-corrected chi connectivity index (χ2v) is 5.47. The summed E-state index contributed by atoms with van der Waals surface area (Å²) in [5.74, 6) is 0.761. The summed E-state index contributed by atoms with van der Waals surface area (Å²) in [6, 6.07) is 0. The molecule has 0 atom stereocenters. The summed E-state index contributed by atoms with van der Waals surface area (Å²) in [7, 11) is 6.06. The number of hydrogen-bond donors (Lipinski definition) is 0. The monoisotopic (exact) mass is 342 g/mol. The van der Waals surface area contributed by atoms with Crippen LogP contribution in [0.1, 0.15) is 33.5 Å². The molecule has 5 heteroatoms. The summed E-state index contributed by atoms with van der Waals surface area (Å²) in [4.78, 5) is 13.3. The highest BCUT2D eigenvalue weighted by molar-refractivity contribution is 6.36. The van der Waals surface area contributed by atoms with Gasteiger partial charge < -0.3 is 0 Å². The van der Waals surface area contributed by atoms with Gasteiger partial charge in [-0.15, -0.1) is 0 Å². The molecule has 0 N–H and O–H groups in total. The van der Waals surface area contributed by atoms with Gasteiger partial charge in [0.1, 0.15) is 25.5 Å². The molecule has 0 fully saturated rings. The molecule has 2 aromatic heterocycles. The van der Waals surface area contributed by atoms with Crippen LogP contribution in [0.2, 0.25) is 0 Å². The molecule has 2 rings (SSSR count). The first-order chi connectivity index (χ1) is 12.7. The van der Waals surface area contributed by atoms with Crippen molar-refractivity contribution in [2.75, 3.05) is 0 Å². The molecule has 0 saturated heterocycles. The van der Waals surface area contributed by atoms with Crippen LogP contribution >= 0.6 is 0 Å². The Balaban J connectivity index is 2.91. The summed E-state index contributed by atoms with van der Waals surface area (Å²) < 4.78 is 2.00. The number of fused-ring (bicyclic) bond motifs is 1. The molecule has 0 aliphatic rings. The fourth-order valence-corrected chi connectivity index (χ4v) is 2.50. The molecule has 0 bridgehead atoms. The second kappa shape index (κ2) is 9.52. The lowest BCUT2D eigenvalue weighted by molar-refractivity contribution is 1.07. The van der Waals surface area contributed by atoms with E-state index in [1.54, 1.807) is 0 Å². The van der Waals surface area contributed by atoms with Gasteiger partial charge in [0, 0.05) is 16.9 Å². The highest BCUT2D eigenvalue weighted by atomic mass is 15.1. The molecule has 4 nitrogen and oxygen atoms in total. The van der Waals surface area contributed by atoms with Gasteiger partial charge in [-0.05, 0) is 39.8 Å². The maximum Gasteiger partial charge on any atom is 0.167 e. The van der Waals surface area contributed by atoms with Crippen molar-refractivity contribution in [3.05, 3.63) is 72.9 Å². The Labute approximate surface area is 156 Å². The molecule has 2 heterocycles. The lowest BCUT2D eigenvalue weighted by Crippen LogP contribution is -2.10. The van der Waals surface area contributed by atoms with Crippen LogP contribution in [-0.2, 0) is 0 Å². The highest BCUT2D eigenvalue weighted by Crippen LogP contribution is 2.25. The van der Waals surface area contributed by atoms with E-state index >= 15 is 0 Å². The van der Waals surface area contributed by atoms with E-state index in [0.717, 1.165) is 17.1 Å². The molecule has 0 aromatic carbocycles. The maximum absolute atomic E-state index is 6.06. The average molecular weight is 342 g/mol. The molecular weight excluding hydrogens is 319 g/mol. The van der Waals surface area contributed by atoms with Crippen LogP contribution < -0.4 is 5.59 Å².